The Morgan fingerprint density at radius 1 is 0.365 bits per heavy atom. The van der Waals surface area contributed by atoms with Crippen LogP contribution in [0, 0.1) is 88.8 Å². The summed E-state index contributed by atoms with van der Waals surface area (Å²) >= 11 is 0. The van der Waals surface area contributed by atoms with Crippen LogP contribution in [-0.4, -0.2) is 51.8 Å². The van der Waals surface area contributed by atoms with E-state index in [4.69, 9.17) is 28.4 Å². The summed E-state index contributed by atoms with van der Waals surface area (Å²) in [4.78, 5) is 0. The first-order chi connectivity index (χ1) is 40.2. The summed E-state index contributed by atoms with van der Waals surface area (Å²) in [5.74, 6) is 16.6. The van der Waals surface area contributed by atoms with Gasteiger partial charge in [-0.25, -0.2) is 0 Å². The molecule has 8 heteroatoms. The smallest absolute Gasteiger partial charge is 0.278 e. The van der Waals surface area contributed by atoms with E-state index in [2.05, 4.69) is 48.5 Å². The van der Waals surface area contributed by atoms with Crippen LogP contribution in [0.3, 0.4) is 0 Å². The molecule has 0 aromatic carbocycles. The van der Waals surface area contributed by atoms with Gasteiger partial charge in [-0.05, 0) is 266 Å². The van der Waals surface area contributed by atoms with E-state index in [1.807, 2.05) is 96.9 Å². The zero-order valence-electron chi connectivity index (χ0n) is 61.2. The van der Waals surface area contributed by atoms with Gasteiger partial charge in [0.15, 0.2) is 0 Å². The summed E-state index contributed by atoms with van der Waals surface area (Å²) in [7, 11) is 1.62. The number of hydrogen-bond acceptors (Lipinski definition) is 6. The molecule has 0 bridgehead atoms. The van der Waals surface area contributed by atoms with Crippen LogP contribution in [0.5, 0.6) is 0 Å². The number of ether oxygens (including phenoxy) is 6. The number of fused-ring (bicyclic) bond motifs is 4. The van der Waals surface area contributed by atoms with E-state index < -0.39 is 0 Å². The second kappa shape index (κ2) is 52.8. The van der Waals surface area contributed by atoms with Crippen LogP contribution in [0.4, 0.5) is 0 Å². The van der Waals surface area contributed by atoms with Crippen LogP contribution >= 0.6 is 0 Å². The first-order valence-corrected chi connectivity index (χ1v) is 37.3. The van der Waals surface area contributed by atoms with Crippen molar-refractivity contribution in [2.24, 2.45) is 88.8 Å². The van der Waals surface area contributed by atoms with E-state index >= 15 is 0 Å². The van der Waals surface area contributed by atoms with Gasteiger partial charge in [0.05, 0.1) is 19.3 Å². The maximum absolute atomic E-state index is 6.85. The molecule has 502 valence electrons. The molecule has 6 nitrogen and oxygen atoms in total. The summed E-state index contributed by atoms with van der Waals surface area (Å²) in [6, 6.07) is 0. The van der Waals surface area contributed by atoms with E-state index in [0.29, 0.717) is 12.0 Å². The maximum Gasteiger partial charge on any atom is 0.278 e. The first-order valence-electron chi connectivity index (χ1n) is 37.3. The average molecular weight is 1350 g/mol. The monoisotopic (exact) mass is 1350 g/mol. The van der Waals surface area contributed by atoms with Gasteiger partial charge in [-0.2, -0.15) is 0 Å². The fraction of sp³-hybridized carbons (Fsp3) is 0.948. The van der Waals surface area contributed by atoms with Crippen LogP contribution < -0.4 is 0 Å². The minimum Gasteiger partial charge on any atom is -0.469 e. The Bertz CT molecular complexity index is 1530. The first kappa shape index (κ1) is 87.4. The minimum atomic E-state index is 0. The predicted octanol–water partition coefficient (Wildman–Crippen LogP) is 24.2. The Labute approximate surface area is 571 Å². The molecule has 10 aliphatic rings. The Hall–Kier alpha value is 0.366. The molecule has 0 amide bonds. The molecule has 0 spiro atoms. The van der Waals surface area contributed by atoms with E-state index in [1.54, 1.807) is 97.0 Å². The van der Waals surface area contributed by atoms with E-state index in [9.17, 15) is 0 Å². The minimum absolute atomic E-state index is 0. The number of allylic oxidation sites excluding steroid dienone is 2. The summed E-state index contributed by atoms with van der Waals surface area (Å²) in [5.41, 5.74) is 2.25. The van der Waals surface area contributed by atoms with E-state index in [1.165, 1.54) is 102 Å². The predicted molar refractivity (Wildman–Crippen MR) is 363 cm³/mol. The standard InChI is InChI=1S/C31H54O2.C20H34.C8H16O2.2C4H8O.5C2H6.2Zr/c1-19(2)31(32-20(3)4)33-26(17-24-13-15-27-21(5)9-8-10-29(24)27)18-25-14-16-28-22(6)11-12-23(7)30(25)28;1-3-7-19-15(5-1)9-11-17(19)13-14-18-12-10-16-6-2-4-8-20(16)18;1-6(2)8(9-5)10-7(3)4;2*1-2-4-5-3-1;5*1-2;;/h20-30H,8-18H2,1-7H3;15-20H,1-14H2;7H,1-5H3;2*1-4H2;5*1-2H3;;/t21?,22?,23?,24?,25?,26-,27?,28?,29?,30?;;;;;;;;;;;/m0.........../s1. The zero-order chi connectivity index (χ0) is 62.3. The van der Waals surface area contributed by atoms with Crippen molar-refractivity contribution in [3.63, 3.8) is 0 Å². The van der Waals surface area contributed by atoms with Gasteiger partial charge in [-0.1, -0.05) is 154 Å². The van der Waals surface area contributed by atoms with Crippen molar-refractivity contribution in [1.29, 1.82) is 0 Å². The third kappa shape index (κ3) is 31.7. The van der Waals surface area contributed by atoms with Gasteiger partial charge in [0.25, 0.3) is 11.9 Å². The molecule has 0 aromatic heterocycles. The van der Waals surface area contributed by atoms with Crippen molar-refractivity contribution in [3.8, 4) is 0 Å². The molecule has 10 fully saturated rings. The summed E-state index contributed by atoms with van der Waals surface area (Å²) in [5, 5.41) is 0. The van der Waals surface area contributed by atoms with Gasteiger partial charge in [0, 0.05) is 90.0 Å². The largest absolute Gasteiger partial charge is 0.469 e. The van der Waals surface area contributed by atoms with Crippen LogP contribution in [0.2, 0.25) is 0 Å². The van der Waals surface area contributed by atoms with Gasteiger partial charge in [0.1, 0.15) is 6.10 Å². The fourth-order valence-electron chi connectivity index (χ4n) is 17.4. The molecule has 0 radical (unpaired) electrons. The quantitative estimate of drug-likeness (QED) is 0.162. The van der Waals surface area contributed by atoms with Gasteiger partial charge in [0.2, 0.25) is 0 Å². The molecule has 15 unspecified atom stereocenters. The van der Waals surface area contributed by atoms with Gasteiger partial charge < -0.3 is 28.4 Å². The fourth-order valence-corrected chi connectivity index (χ4v) is 17.4. The number of rotatable bonds is 14. The topological polar surface area (TPSA) is 55.4 Å². The van der Waals surface area contributed by atoms with Crippen LogP contribution in [0.15, 0.2) is 23.0 Å². The van der Waals surface area contributed by atoms with Crippen molar-refractivity contribution in [1.82, 2.24) is 0 Å². The van der Waals surface area contributed by atoms with Crippen LogP contribution in [0.1, 0.15) is 332 Å². The molecule has 0 aromatic rings. The molecular formula is C77H150O6Zr2. The van der Waals surface area contributed by atoms with Crippen molar-refractivity contribution >= 4 is 0 Å². The molecule has 8 saturated carbocycles. The molecule has 8 aliphatic carbocycles. The molecule has 10 rings (SSSR count). The van der Waals surface area contributed by atoms with E-state index in [0.717, 1.165) is 127 Å². The molecular weight excluding hydrogens is 1200 g/mol. The van der Waals surface area contributed by atoms with Crippen LogP contribution in [-0.2, 0) is 80.8 Å². The molecule has 2 saturated heterocycles. The van der Waals surface area contributed by atoms with Gasteiger partial charge in [-0.15, -0.1) is 0 Å². The van der Waals surface area contributed by atoms with Gasteiger partial charge in [-0.3, -0.25) is 0 Å². The van der Waals surface area contributed by atoms with Crippen LogP contribution in [0.25, 0.3) is 0 Å². The van der Waals surface area contributed by atoms with Crippen molar-refractivity contribution in [2.75, 3.05) is 33.5 Å². The Morgan fingerprint density at radius 3 is 1.18 bits per heavy atom. The average Bonchev–Trinajstić information content (AvgIpc) is 4.17. The van der Waals surface area contributed by atoms with Gasteiger partial charge >= 0.3 is 0 Å². The molecule has 85 heavy (non-hydrogen) atoms. The van der Waals surface area contributed by atoms with Crippen molar-refractivity contribution in [2.45, 2.75) is 350 Å². The summed E-state index contributed by atoms with van der Waals surface area (Å²) in [6.45, 7) is 48.0. The van der Waals surface area contributed by atoms with Crippen molar-refractivity contribution < 1.29 is 80.8 Å². The molecule has 2 heterocycles. The Kier molecular flexibility index (Phi) is 54.3. The third-order valence-electron chi connectivity index (χ3n) is 20.9. The maximum atomic E-state index is 6.85. The van der Waals surface area contributed by atoms with E-state index in [-0.39, 0.29) is 64.6 Å². The second-order valence-electron chi connectivity index (χ2n) is 27.3. The number of hydrogen-bond donors (Lipinski definition) is 0. The third-order valence-corrected chi connectivity index (χ3v) is 20.9. The zero-order valence-corrected chi connectivity index (χ0v) is 66.1. The summed E-state index contributed by atoms with van der Waals surface area (Å²) < 4.78 is 33.2. The molecule has 2 aliphatic heterocycles. The second-order valence-corrected chi connectivity index (χ2v) is 27.3. The number of methoxy groups -OCH3 is 1. The molecule has 16 atom stereocenters. The Morgan fingerprint density at radius 2 is 0.753 bits per heavy atom. The Balaban J connectivity index is 0. The normalized spacial score (nSPS) is 31.6. The summed E-state index contributed by atoms with van der Waals surface area (Å²) in [6.07, 6.45) is 43.4. The van der Waals surface area contributed by atoms with Crippen molar-refractivity contribution in [3.05, 3.63) is 23.0 Å². The molecule has 0 N–H and O–H groups in total. The SMILES string of the molecule is C1CCC2C(C1)CCC2CCC1CCC2CCCCC21.C1CCOC1.C1CCOC1.CC.CC.CC.CC.CC.CC(C)=C(OC(C)C)O[C@@H](CC1CCC2C(C)CCCC12)CC1CCC2C(C)CCC(C)C12.COC(OC(C)C)=C(C)C.[Zr].[Zr].